The molecule has 0 aliphatic heterocycles. The molecule has 10 heteroatoms. The molecule has 2 aromatic rings. The van der Waals surface area contributed by atoms with Gasteiger partial charge in [0.15, 0.2) is 5.78 Å². The molecule has 27 heavy (non-hydrogen) atoms. The van der Waals surface area contributed by atoms with Crippen LogP contribution in [0.25, 0.3) is 10.9 Å². The van der Waals surface area contributed by atoms with Crippen LogP contribution in [0.1, 0.15) is 43.7 Å². The third kappa shape index (κ3) is 3.51. The molecule has 0 saturated carbocycles. The molecule has 1 aromatic heterocycles. The third-order valence-electron chi connectivity index (χ3n) is 4.29. The Morgan fingerprint density at radius 2 is 1.63 bits per heavy atom. The highest BCUT2D eigenvalue weighted by Crippen LogP contribution is 2.32. The summed E-state index contributed by atoms with van der Waals surface area (Å²) >= 11 is 0. The summed E-state index contributed by atoms with van der Waals surface area (Å²) in [5.41, 5.74) is 0.761. The largest absolute Gasteiger partial charge is 0.294 e. The van der Waals surface area contributed by atoms with Crippen LogP contribution < -0.4 is 4.31 Å². The van der Waals surface area contributed by atoms with E-state index in [-0.39, 0.29) is 45.1 Å². The molecule has 0 spiro atoms. The van der Waals surface area contributed by atoms with Gasteiger partial charge in [-0.25, -0.2) is 25.1 Å². The first-order chi connectivity index (χ1) is 12.4. The van der Waals surface area contributed by atoms with E-state index in [1.165, 1.54) is 45.9 Å². The molecule has 0 atom stereocenters. The lowest BCUT2D eigenvalue weighted by Gasteiger charge is -2.20. The van der Waals surface area contributed by atoms with E-state index >= 15 is 0 Å². The number of amides is 1. The summed E-state index contributed by atoms with van der Waals surface area (Å²) in [6.07, 6.45) is 0. The van der Waals surface area contributed by atoms with E-state index in [9.17, 15) is 26.4 Å². The molecule has 0 fully saturated rings. The molecule has 0 radical (unpaired) electrons. The van der Waals surface area contributed by atoms with E-state index in [4.69, 9.17) is 0 Å². The Hall–Kier alpha value is -2.20. The van der Waals surface area contributed by atoms with Crippen molar-refractivity contribution >= 4 is 48.3 Å². The SMILES string of the molecule is CCS(=O)(=O)N(C(C)=O)c1ccc2c(c1)c(C(C)=O)c(C)n2S(=O)(=O)CC. The van der Waals surface area contributed by atoms with Gasteiger partial charge in [0, 0.05) is 23.6 Å². The maximum atomic E-state index is 12.5. The van der Waals surface area contributed by atoms with Crippen LogP contribution >= 0.6 is 0 Å². The van der Waals surface area contributed by atoms with Gasteiger partial charge in [-0.2, -0.15) is 0 Å². The zero-order valence-electron chi connectivity index (χ0n) is 15.8. The fourth-order valence-electron chi connectivity index (χ4n) is 3.10. The van der Waals surface area contributed by atoms with Gasteiger partial charge < -0.3 is 0 Å². The van der Waals surface area contributed by atoms with Crippen LogP contribution in [0.5, 0.6) is 0 Å². The maximum absolute atomic E-state index is 12.5. The zero-order chi connectivity index (χ0) is 20.7. The van der Waals surface area contributed by atoms with Gasteiger partial charge in [0.2, 0.25) is 26.0 Å². The predicted octanol–water partition coefficient (Wildman–Crippen LogP) is 2.05. The summed E-state index contributed by atoms with van der Waals surface area (Å²) in [6, 6.07) is 4.15. The van der Waals surface area contributed by atoms with Gasteiger partial charge in [0.1, 0.15) is 0 Å². The van der Waals surface area contributed by atoms with Crippen molar-refractivity contribution < 1.29 is 26.4 Å². The summed E-state index contributed by atoms with van der Waals surface area (Å²) in [5.74, 6) is -1.50. The molecule has 8 nitrogen and oxygen atoms in total. The van der Waals surface area contributed by atoms with E-state index in [1.807, 2.05) is 0 Å². The molecule has 0 unspecified atom stereocenters. The number of benzene rings is 1. The van der Waals surface area contributed by atoms with Gasteiger partial charge in [0.05, 0.1) is 22.7 Å². The number of anilines is 1. The summed E-state index contributed by atoms with van der Waals surface area (Å²) < 4.78 is 51.4. The topological polar surface area (TPSA) is 111 Å². The van der Waals surface area contributed by atoms with Crippen LogP contribution in [0.3, 0.4) is 0 Å². The van der Waals surface area contributed by atoms with E-state index in [0.29, 0.717) is 4.31 Å². The monoisotopic (exact) mass is 414 g/mol. The average molecular weight is 415 g/mol. The molecule has 0 N–H and O–H groups in total. The van der Waals surface area contributed by atoms with Crippen molar-refractivity contribution in [1.29, 1.82) is 0 Å². The molecule has 0 bridgehead atoms. The van der Waals surface area contributed by atoms with Gasteiger partial charge in [-0.3, -0.25) is 9.59 Å². The summed E-state index contributed by atoms with van der Waals surface area (Å²) in [6.45, 7) is 6.87. The van der Waals surface area contributed by atoms with Crippen LogP contribution in [0, 0.1) is 6.92 Å². The fraction of sp³-hybridized carbons (Fsp3) is 0.412. The second-order valence-corrected chi connectivity index (χ2v) is 10.3. The molecule has 148 valence electrons. The summed E-state index contributed by atoms with van der Waals surface area (Å²) in [5, 5.41) is 0.284. The second kappa shape index (κ2) is 7.08. The van der Waals surface area contributed by atoms with Crippen LogP contribution in [0.15, 0.2) is 18.2 Å². The molecule has 1 heterocycles. The Kier molecular flexibility index (Phi) is 5.53. The highest BCUT2D eigenvalue weighted by molar-refractivity contribution is 7.93. The Morgan fingerprint density at radius 3 is 2.07 bits per heavy atom. The lowest BCUT2D eigenvalue weighted by molar-refractivity contribution is -0.115. The minimum absolute atomic E-state index is 0.0606. The van der Waals surface area contributed by atoms with Gasteiger partial charge in [-0.15, -0.1) is 0 Å². The molecular formula is C17H22N2O6S2. The number of rotatable bonds is 6. The minimum Gasteiger partial charge on any atom is -0.294 e. The number of nitrogens with zero attached hydrogens (tertiary/aromatic N) is 2. The molecule has 2 rings (SSSR count). The van der Waals surface area contributed by atoms with Crippen molar-refractivity contribution in [3.8, 4) is 0 Å². The maximum Gasteiger partial charge on any atom is 0.241 e. The minimum atomic E-state index is -3.88. The molecule has 0 aliphatic rings. The number of fused-ring (bicyclic) bond motifs is 1. The van der Waals surface area contributed by atoms with Gasteiger partial charge in [-0.1, -0.05) is 0 Å². The van der Waals surface area contributed by atoms with Crippen LogP contribution in [-0.2, 0) is 24.8 Å². The van der Waals surface area contributed by atoms with Crippen LogP contribution in [-0.4, -0.2) is 44.0 Å². The van der Waals surface area contributed by atoms with Crippen LogP contribution in [0.2, 0.25) is 0 Å². The lowest BCUT2D eigenvalue weighted by atomic mass is 10.1. The van der Waals surface area contributed by atoms with Gasteiger partial charge in [-0.05, 0) is 45.9 Å². The number of carbonyl (C=O) groups excluding carboxylic acids is 2. The summed E-state index contributed by atoms with van der Waals surface area (Å²) in [7, 11) is -7.56. The second-order valence-electron chi connectivity index (χ2n) is 6.07. The van der Waals surface area contributed by atoms with E-state index in [2.05, 4.69) is 0 Å². The van der Waals surface area contributed by atoms with Crippen molar-refractivity contribution in [1.82, 2.24) is 3.97 Å². The fourth-order valence-corrected chi connectivity index (χ4v) is 5.41. The smallest absolute Gasteiger partial charge is 0.241 e. The first-order valence-corrected chi connectivity index (χ1v) is 11.5. The van der Waals surface area contributed by atoms with Gasteiger partial charge in [0.25, 0.3) is 0 Å². The molecule has 0 aliphatic carbocycles. The van der Waals surface area contributed by atoms with E-state index < -0.39 is 26.0 Å². The number of ketones is 1. The summed E-state index contributed by atoms with van der Waals surface area (Å²) in [4.78, 5) is 24.1. The van der Waals surface area contributed by atoms with Crippen molar-refractivity contribution in [3.05, 3.63) is 29.5 Å². The Morgan fingerprint density at radius 1 is 1.04 bits per heavy atom. The highest BCUT2D eigenvalue weighted by Gasteiger charge is 2.28. The molecule has 0 saturated heterocycles. The average Bonchev–Trinajstić information content (AvgIpc) is 2.86. The number of hydrogen-bond acceptors (Lipinski definition) is 6. The first-order valence-electron chi connectivity index (χ1n) is 8.31. The molecular weight excluding hydrogens is 392 g/mol. The van der Waals surface area contributed by atoms with Crippen molar-refractivity contribution in [2.45, 2.75) is 34.6 Å². The number of carbonyl (C=O) groups is 2. The van der Waals surface area contributed by atoms with E-state index in [0.717, 1.165) is 10.9 Å². The lowest BCUT2D eigenvalue weighted by Crippen LogP contribution is -2.36. The third-order valence-corrected chi connectivity index (χ3v) is 7.80. The zero-order valence-corrected chi connectivity index (χ0v) is 17.4. The Balaban J connectivity index is 2.94. The van der Waals surface area contributed by atoms with Crippen molar-refractivity contribution in [3.63, 3.8) is 0 Å². The van der Waals surface area contributed by atoms with Crippen LogP contribution in [0.4, 0.5) is 5.69 Å². The van der Waals surface area contributed by atoms with E-state index in [1.54, 1.807) is 0 Å². The predicted molar refractivity (Wildman–Crippen MR) is 104 cm³/mol. The number of aromatic nitrogens is 1. The number of sulfonamides is 1. The van der Waals surface area contributed by atoms with Crippen molar-refractivity contribution in [2.75, 3.05) is 15.8 Å². The van der Waals surface area contributed by atoms with Gasteiger partial charge >= 0.3 is 0 Å². The normalized spacial score (nSPS) is 12.3. The van der Waals surface area contributed by atoms with Crippen molar-refractivity contribution in [2.24, 2.45) is 0 Å². The number of hydrogen-bond donors (Lipinski definition) is 0. The highest BCUT2D eigenvalue weighted by atomic mass is 32.2. The molecule has 1 amide bonds. The quantitative estimate of drug-likeness (QED) is 0.669. The Bertz CT molecular complexity index is 1140. The molecule has 1 aromatic carbocycles. The Labute approximate surface area is 158 Å². The first kappa shape index (κ1) is 21.1. The standard InChI is InChI=1S/C17H22N2O6S2/c1-6-26(22,23)18-11(3)17(12(4)20)15-10-14(8-9-16(15)18)19(13(5)21)27(24,25)7-2/h8-10H,6-7H2,1-5H3. The number of Topliss-reactive ketones (excluding diaryl/α,β-unsaturated/α-hetero) is 1.